The smallest absolute Gasteiger partial charge is 0.258 e. The van der Waals surface area contributed by atoms with Crippen LogP contribution in [-0.2, 0) is 0 Å². The molecular formula is C23H17F3N6O2. The molecule has 2 aromatic carbocycles. The van der Waals surface area contributed by atoms with Crippen LogP contribution in [0, 0.1) is 17.5 Å². The van der Waals surface area contributed by atoms with Gasteiger partial charge in [-0.1, -0.05) is 6.07 Å². The maximum absolute atomic E-state index is 14.3. The minimum Gasteiger partial charge on any atom is -0.491 e. The maximum Gasteiger partial charge on any atom is 0.258 e. The van der Waals surface area contributed by atoms with E-state index >= 15 is 0 Å². The van der Waals surface area contributed by atoms with Gasteiger partial charge in [0.15, 0.2) is 17.4 Å². The van der Waals surface area contributed by atoms with Crippen LogP contribution < -0.4 is 20.7 Å². The fraction of sp³-hybridized carbons (Fsp3) is 0.0435. The summed E-state index contributed by atoms with van der Waals surface area (Å²) in [6.45, 7) is 0. The molecule has 0 aliphatic carbocycles. The standard InChI is InChI=1S/C23H17F3N6O2/c1-34-22-20(25)15(10-16(24)21(22)26)23(33)31-14-7-5-13(6-8-14)30-18-11-19(29-12-28-18)32-17-4-2-3-9-27-17/h2-12H,1H3,(H,31,33)(H2,27,28,29,30,32). The van der Waals surface area contributed by atoms with Gasteiger partial charge in [-0.15, -0.1) is 0 Å². The van der Waals surface area contributed by atoms with Crippen LogP contribution in [-0.4, -0.2) is 28.0 Å². The zero-order valence-corrected chi connectivity index (χ0v) is 17.6. The molecule has 0 saturated carbocycles. The van der Waals surface area contributed by atoms with E-state index in [0.717, 1.165) is 7.11 Å². The van der Waals surface area contributed by atoms with Crippen LogP contribution >= 0.6 is 0 Å². The van der Waals surface area contributed by atoms with Crippen molar-refractivity contribution >= 4 is 34.7 Å². The molecule has 172 valence electrons. The Balaban J connectivity index is 1.44. The van der Waals surface area contributed by atoms with Crippen molar-refractivity contribution in [1.82, 2.24) is 15.0 Å². The number of methoxy groups -OCH3 is 1. The summed E-state index contributed by atoms with van der Waals surface area (Å²) in [6, 6.07) is 14.0. The second-order valence-electron chi connectivity index (χ2n) is 6.85. The zero-order chi connectivity index (χ0) is 24.1. The predicted octanol–water partition coefficient (Wildman–Crippen LogP) is 5.04. The van der Waals surface area contributed by atoms with Crippen molar-refractivity contribution in [2.24, 2.45) is 0 Å². The molecule has 11 heteroatoms. The first-order valence-corrected chi connectivity index (χ1v) is 9.84. The van der Waals surface area contributed by atoms with Gasteiger partial charge in [-0.05, 0) is 42.5 Å². The largest absolute Gasteiger partial charge is 0.491 e. The molecule has 4 rings (SSSR count). The van der Waals surface area contributed by atoms with Crippen molar-refractivity contribution in [3.63, 3.8) is 0 Å². The number of aromatic nitrogens is 3. The van der Waals surface area contributed by atoms with Gasteiger partial charge in [0.05, 0.1) is 12.7 Å². The number of carbonyl (C=O) groups excluding carboxylic acids is 1. The summed E-state index contributed by atoms with van der Waals surface area (Å²) >= 11 is 0. The monoisotopic (exact) mass is 466 g/mol. The van der Waals surface area contributed by atoms with Crippen molar-refractivity contribution < 1.29 is 22.7 Å². The van der Waals surface area contributed by atoms with Gasteiger partial charge >= 0.3 is 0 Å². The Morgan fingerprint density at radius 3 is 2.21 bits per heavy atom. The van der Waals surface area contributed by atoms with E-state index in [2.05, 4.69) is 35.6 Å². The summed E-state index contributed by atoms with van der Waals surface area (Å²) in [5, 5.41) is 8.58. The number of hydrogen-bond acceptors (Lipinski definition) is 7. The lowest BCUT2D eigenvalue weighted by atomic mass is 10.1. The molecule has 2 heterocycles. The highest BCUT2D eigenvalue weighted by atomic mass is 19.2. The Bertz CT molecular complexity index is 1320. The van der Waals surface area contributed by atoms with Crippen LogP contribution in [0.2, 0.25) is 0 Å². The van der Waals surface area contributed by atoms with Crippen LogP contribution in [0.25, 0.3) is 0 Å². The number of anilines is 5. The number of benzene rings is 2. The Morgan fingerprint density at radius 2 is 1.53 bits per heavy atom. The van der Waals surface area contributed by atoms with Crippen molar-refractivity contribution in [2.45, 2.75) is 0 Å². The molecule has 0 atom stereocenters. The summed E-state index contributed by atoms with van der Waals surface area (Å²) in [6.07, 6.45) is 3.04. The first kappa shape index (κ1) is 22.5. The third-order valence-corrected chi connectivity index (χ3v) is 4.57. The molecule has 0 aliphatic heterocycles. The normalized spacial score (nSPS) is 10.5. The number of hydrogen-bond donors (Lipinski definition) is 3. The van der Waals surface area contributed by atoms with E-state index in [1.54, 1.807) is 48.7 Å². The lowest BCUT2D eigenvalue weighted by molar-refractivity contribution is 0.102. The molecule has 0 fully saturated rings. The maximum atomic E-state index is 14.3. The van der Waals surface area contributed by atoms with Crippen molar-refractivity contribution in [1.29, 1.82) is 0 Å². The van der Waals surface area contributed by atoms with Gasteiger partial charge in [0, 0.05) is 23.6 Å². The highest BCUT2D eigenvalue weighted by Gasteiger charge is 2.23. The third kappa shape index (κ3) is 5.04. The molecule has 8 nitrogen and oxygen atoms in total. The summed E-state index contributed by atoms with van der Waals surface area (Å²) in [5.74, 6) is -4.47. The van der Waals surface area contributed by atoms with Crippen LogP contribution in [0.5, 0.6) is 5.75 Å². The molecule has 3 N–H and O–H groups in total. The number of rotatable bonds is 7. The molecule has 0 radical (unpaired) electrons. The van der Waals surface area contributed by atoms with Gasteiger partial charge in [-0.25, -0.2) is 23.7 Å². The number of amides is 1. The molecule has 34 heavy (non-hydrogen) atoms. The SMILES string of the molecule is COc1c(F)c(F)cc(C(=O)Nc2ccc(Nc3cc(Nc4ccccn4)ncn3)cc2)c1F. The van der Waals surface area contributed by atoms with E-state index in [9.17, 15) is 18.0 Å². The highest BCUT2D eigenvalue weighted by molar-refractivity contribution is 6.04. The summed E-state index contributed by atoms with van der Waals surface area (Å²) < 4.78 is 46.1. The minimum atomic E-state index is -1.50. The quantitative estimate of drug-likeness (QED) is 0.328. The summed E-state index contributed by atoms with van der Waals surface area (Å²) in [5.41, 5.74) is 0.256. The predicted molar refractivity (Wildman–Crippen MR) is 120 cm³/mol. The Labute approximate surface area is 191 Å². The fourth-order valence-corrected chi connectivity index (χ4v) is 2.97. The van der Waals surface area contributed by atoms with Crippen LogP contribution in [0.3, 0.4) is 0 Å². The van der Waals surface area contributed by atoms with E-state index in [4.69, 9.17) is 0 Å². The third-order valence-electron chi connectivity index (χ3n) is 4.57. The molecule has 0 aliphatic rings. The fourth-order valence-electron chi connectivity index (χ4n) is 2.97. The number of nitrogens with one attached hydrogen (secondary N) is 3. The highest BCUT2D eigenvalue weighted by Crippen LogP contribution is 2.28. The average Bonchev–Trinajstić information content (AvgIpc) is 2.84. The molecule has 1 amide bonds. The number of halogens is 3. The second-order valence-corrected chi connectivity index (χ2v) is 6.85. The van der Waals surface area contributed by atoms with Gasteiger partial charge in [-0.3, -0.25) is 4.79 Å². The van der Waals surface area contributed by atoms with Gasteiger partial charge in [0.2, 0.25) is 5.82 Å². The van der Waals surface area contributed by atoms with Crippen LogP contribution in [0.1, 0.15) is 10.4 Å². The second kappa shape index (κ2) is 9.86. The van der Waals surface area contributed by atoms with Crippen LogP contribution in [0.4, 0.5) is 42.0 Å². The number of nitrogens with zero attached hydrogens (tertiary/aromatic N) is 3. The van der Waals surface area contributed by atoms with Crippen molar-refractivity contribution in [2.75, 3.05) is 23.1 Å². The summed E-state index contributed by atoms with van der Waals surface area (Å²) in [4.78, 5) is 24.9. The molecule has 0 bridgehead atoms. The van der Waals surface area contributed by atoms with Gasteiger partial charge in [-0.2, -0.15) is 4.39 Å². The van der Waals surface area contributed by atoms with Gasteiger partial charge < -0.3 is 20.7 Å². The van der Waals surface area contributed by atoms with E-state index in [1.165, 1.54) is 6.33 Å². The molecule has 0 spiro atoms. The average molecular weight is 466 g/mol. The number of ether oxygens (including phenoxy) is 1. The lowest BCUT2D eigenvalue weighted by Crippen LogP contribution is -2.15. The molecule has 0 unspecified atom stereocenters. The molecule has 4 aromatic rings. The van der Waals surface area contributed by atoms with Gasteiger partial charge in [0.25, 0.3) is 5.91 Å². The minimum absolute atomic E-state index is 0.304. The van der Waals surface area contributed by atoms with E-state index in [1.807, 2.05) is 6.07 Å². The van der Waals surface area contributed by atoms with Crippen LogP contribution in [0.15, 0.2) is 67.1 Å². The van der Waals surface area contributed by atoms with E-state index < -0.39 is 34.7 Å². The number of carbonyl (C=O) groups is 1. The molecular weight excluding hydrogens is 449 g/mol. The first-order valence-electron chi connectivity index (χ1n) is 9.84. The van der Waals surface area contributed by atoms with E-state index in [0.29, 0.717) is 34.9 Å². The topological polar surface area (TPSA) is 101 Å². The molecule has 2 aromatic heterocycles. The zero-order valence-electron chi connectivity index (χ0n) is 17.6. The van der Waals surface area contributed by atoms with E-state index in [-0.39, 0.29) is 0 Å². The molecule has 0 saturated heterocycles. The Kier molecular flexibility index (Phi) is 6.53. The first-order chi connectivity index (χ1) is 16.4. The number of pyridine rings is 1. The van der Waals surface area contributed by atoms with Crippen molar-refractivity contribution in [3.8, 4) is 5.75 Å². The summed E-state index contributed by atoms with van der Waals surface area (Å²) in [7, 11) is 0.976. The van der Waals surface area contributed by atoms with Gasteiger partial charge in [0.1, 0.15) is 23.8 Å². The Morgan fingerprint density at radius 1 is 0.824 bits per heavy atom. The Hall–Kier alpha value is -4.67. The lowest BCUT2D eigenvalue weighted by Gasteiger charge is -2.11. The van der Waals surface area contributed by atoms with Crippen molar-refractivity contribution in [3.05, 3.63) is 90.1 Å².